The average molecular weight is 2330 g/mol. The van der Waals surface area contributed by atoms with Gasteiger partial charge in [0.2, 0.25) is 0 Å². The summed E-state index contributed by atoms with van der Waals surface area (Å²) < 4.78 is 55.8. The number of methoxy groups -OCH3 is 1. The number of alkyl halides is 3. The number of nitrogens with one attached hydrogen (secondary N) is 7. The van der Waals surface area contributed by atoms with Crippen LogP contribution in [0.1, 0.15) is 135 Å². The molecular formula is C105H87ClF3IN10O14Se5. The average Bonchev–Trinajstić information content (AvgIpc) is 1.65. The van der Waals surface area contributed by atoms with Crippen LogP contribution in [0.25, 0.3) is 91.6 Å². The van der Waals surface area contributed by atoms with Crippen molar-refractivity contribution < 1.29 is 81.5 Å². The Morgan fingerprint density at radius 3 is 1.33 bits per heavy atom. The Balaban J connectivity index is 0.000000135. The van der Waals surface area contributed by atoms with Gasteiger partial charge in [-0.3, -0.25) is 0 Å². The second-order valence-electron chi connectivity index (χ2n) is 32.0. The number of aromatic nitrogens is 2. The molecule has 706 valence electrons. The number of amides is 7. The van der Waals surface area contributed by atoms with E-state index < -0.39 is 23.7 Å². The number of benzene rings is 8. The van der Waals surface area contributed by atoms with Gasteiger partial charge in [-0.2, -0.15) is 13.2 Å². The molecule has 0 atom stereocenters. The summed E-state index contributed by atoms with van der Waals surface area (Å²) in [6.07, 6.45) is 11.1. The summed E-state index contributed by atoms with van der Waals surface area (Å²) in [5.41, 5.74) is 17.1. The Labute approximate surface area is 845 Å². The van der Waals surface area contributed by atoms with E-state index in [1.807, 2.05) is 148 Å². The number of hydrogen-bond donors (Lipinski definition) is 11. The molecule has 19 rings (SSSR count). The molecule has 0 saturated heterocycles. The first-order valence-electron chi connectivity index (χ1n) is 43.3. The first-order chi connectivity index (χ1) is 66.6. The molecule has 11 N–H and O–H groups in total. The molecule has 0 aliphatic carbocycles. The van der Waals surface area contributed by atoms with Gasteiger partial charge in [-0.25, -0.2) is 0 Å². The van der Waals surface area contributed by atoms with E-state index >= 15 is 0 Å². The topological polar surface area (TPSA) is 349 Å². The Bertz CT molecular complexity index is 7220. The van der Waals surface area contributed by atoms with Gasteiger partial charge in [0.1, 0.15) is 0 Å². The van der Waals surface area contributed by atoms with E-state index in [0.717, 1.165) is 162 Å². The van der Waals surface area contributed by atoms with Crippen LogP contribution in [0.5, 0.6) is 17.2 Å². The summed E-state index contributed by atoms with van der Waals surface area (Å²) in [6, 6.07) is 56.2. The zero-order valence-electron chi connectivity index (χ0n) is 75.3. The van der Waals surface area contributed by atoms with E-state index in [2.05, 4.69) is 94.5 Å². The molecular weight excluding hydrogens is 2240 g/mol. The van der Waals surface area contributed by atoms with Crippen LogP contribution >= 0.6 is 34.2 Å². The number of ether oxygens (including phenoxy) is 1. The molecule has 6 aromatic heterocycles. The molecule has 5 aliphatic rings. The molecule has 5 aliphatic heterocycles. The van der Waals surface area contributed by atoms with Crippen molar-refractivity contribution in [1.29, 1.82) is 0 Å². The number of imidazole rings is 1. The summed E-state index contributed by atoms with van der Waals surface area (Å²) in [4.78, 5) is 118. The van der Waals surface area contributed by atoms with E-state index in [-0.39, 0.29) is 111 Å². The monoisotopic (exact) mass is 2330 g/mol. The predicted molar refractivity (Wildman–Crippen MR) is 553 cm³/mol. The van der Waals surface area contributed by atoms with E-state index in [0.29, 0.717) is 99.7 Å². The van der Waals surface area contributed by atoms with Crippen molar-refractivity contribution in [2.45, 2.75) is 60.7 Å². The molecule has 34 heteroatoms. The van der Waals surface area contributed by atoms with Gasteiger partial charge in [-0.15, -0.1) is 0 Å². The fraction of sp³-hybridized carbons (Fsp3) is 0.143. The van der Waals surface area contributed by atoms with Crippen molar-refractivity contribution in [3.8, 4) is 50.6 Å². The molecule has 0 bridgehead atoms. The standard InChI is InChI=1S/C28H28F3N3O2Se.C28H26N4O4Se.C19H13NO2Se.C15H10ClNO3Se.C15H10INO3Se/c1-4-34(5-2)13-12-32-26(35)23-15-21(37-17(23)3)16-24-22-11-8-19(14-25(22)33-27(24)36)18-6-9-20(10-7-18)28(29,30)31;1-17-23(27(34)30-8-3-10-32-11-9-29-16-32)14-20(37-17)15-24-22-6-4-18(12-25(22)31-28(24)35)21-7-5-19(33)13-26(21)36-2;21-14-6-3-12(4-7-14)13-5-8-16-17(11-15-2-1-9-23-15)19(22)20-18(16)10-13;2*1-7-10(15(19)20)5-9(21-7)6-12-11-4-8(16)2-3-13(11)17-14(12)18/h6-11,14-16H,4-5,12-13H2,1-3H3,(H,32,35)(H,33,36);4-7,9,11-16,33H,3,8,10H2,1-2H3,(H,30,34)(H,31,35);1-11,21H,(H,20,22);2*2-6H,1H3,(H,17,18)(H,19,20)/b24-16-;24-15-;17-11-;2*12-6-. The van der Waals surface area contributed by atoms with E-state index in [1.165, 1.54) is 16.6 Å². The van der Waals surface area contributed by atoms with E-state index in [9.17, 15) is 66.5 Å². The van der Waals surface area contributed by atoms with Gasteiger partial charge in [0.25, 0.3) is 0 Å². The van der Waals surface area contributed by atoms with E-state index in [1.54, 1.807) is 105 Å². The normalized spacial score (nSPS) is 14.4. The van der Waals surface area contributed by atoms with Crippen LogP contribution in [0, 0.1) is 31.3 Å². The fourth-order valence-electron chi connectivity index (χ4n) is 15.8. The molecule has 0 radical (unpaired) electrons. The van der Waals surface area contributed by atoms with Gasteiger partial charge in [-0.05, 0) is 0 Å². The Morgan fingerprint density at radius 2 is 0.885 bits per heavy atom. The quantitative estimate of drug-likeness (QED) is 0.0130. The molecule has 24 nitrogen and oxygen atoms in total. The van der Waals surface area contributed by atoms with Gasteiger partial charge in [0.05, 0.1) is 0 Å². The first kappa shape index (κ1) is 101. The van der Waals surface area contributed by atoms with Crippen LogP contribution in [-0.2, 0) is 36.7 Å². The van der Waals surface area contributed by atoms with Crippen LogP contribution in [0.2, 0.25) is 5.02 Å². The number of fused-ring (bicyclic) bond motifs is 5. The number of rotatable bonds is 22. The number of aromatic hydroxyl groups is 2. The second-order valence-corrected chi connectivity index (χ2v) is 46.6. The van der Waals surface area contributed by atoms with Crippen LogP contribution in [0.3, 0.4) is 0 Å². The van der Waals surface area contributed by atoms with Crippen molar-refractivity contribution >= 4 is 247 Å². The number of aryl methyl sites for hydroxylation is 5. The maximum atomic E-state index is 12.9. The third kappa shape index (κ3) is 24.1. The van der Waals surface area contributed by atoms with Gasteiger partial charge >= 0.3 is 840 Å². The van der Waals surface area contributed by atoms with Gasteiger partial charge in [0, 0.05) is 0 Å². The van der Waals surface area contributed by atoms with Gasteiger partial charge < -0.3 is 0 Å². The van der Waals surface area contributed by atoms with Gasteiger partial charge in [-0.1, -0.05) is 0 Å². The zero-order chi connectivity index (χ0) is 98.8. The number of carbonyl (C=O) groups is 9. The van der Waals surface area contributed by atoms with Crippen LogP contribution in [-0.4, -0.2) is 201 Å². The number of hydrogen-bond acceptors (Lipinski definition) is 14. The molecule has 11 heterocycles. The molecule has 8 aromatic carbocycles. The molecule has 0 saturated carbocycles. The molecule has 0 spiro atoms. The second kappa shape index (κ2) is 44.5. The van der Waals surface area contributed by atoms with Crippen molar-refractivity contribution in [3.63, 3.8) is 0 Å². The summed E-state index contributed by atoms with van der Waals surface area (Å²) in [6.45, 7) is 16.4. The minimum absolute atomic E-state index is 0.0289. The Morgan fingerprint density at radius 1 is 0.475 bits per heavy atom. The number of phenolic OH excluding ortho intramolecular Hbond substituents is 2. The third-order valence-corrected chi connectivity index (χ3v) is 33.9. The number of nitrogens with zero attached hydrogens (tertiary/aromatic N) is 3. The number of carboxylic acid groups (broad SMARTS) is 2. The molecule has 139 heavy (non-hydrogen) atoms. The summed E-state index contributed by atoms with van der Waals surface area (Å²) in [5, 5.41) is 58.3. The van der Waals surface area contributed by atoms with Crippen molar-refractivity contribution in [1.82, 2.24) is 25.1 Å². The van der Waals surface area contributed by atoms with Crippen LogP contribution in [0.15, 0.2) is 218 Å². The van der Waals surface area contributed by atoms with Crippen molar-refractivity contribution in [2.75, 3.05) is 66.4 Å². The van der Waals surface area contributed by atoms with Crippen LogP contribution < -0.4 is 42.0 Å². The predicted octanol–water partition coefficient (Wildman–Crippen LogP) is 18.6. The third-order valence-electron chi connectivity index (χ3n) is 22.9. The zero-order valence-corrected chi connectivity index (χ0v) is 86.7. The number of aromatic carboxylic acids is 2. The fourth-order valence-corrected chi connectivity index (χ4v) is 25.9. The summed E-state index contributed by atoms with van der Waals surface area (Å²) in [5.74, 6) is -1.89. The SMILES string of the molecule is CCN(CC)CCNC(=O)c1cc(/C=C2\C(=O)Nc3cc(-c4ccc(C(F)(F)F)cc4)ccc32)[se]c1C.COc1cc(O)ccc1-c1ccc2c(c1)NC(=O)/C2=C\c1cc(C(=O)NCCCn2ccnc2)c(C)[se]1.Cc1[se]c(/C=C2\C(=O)Nc3ccc(Cl)cc32)cc1C(=O)O.Cc1[se]c(/C=C2\C(=O)Nc3ccc(I)cc32)cc1C(=O)O.O=C1Nc2cc(-c3ccc(O)cc3)ccc2/C1=C/c1ccc[se]1. The van der Waals surface area contributed by atoms with Crippen molar-refractivity contribution in [2.24, 2.45) is 0 Å². The first-order valence-corrected chi connectivity index (χ1v) is 53.5. The van der Waals surface area contributed by atoms with Crippen molar-refractivity contribution in [3.05, 3.63) is 322 Å². The Hall–Kier alpha value is -12.9. The molecule has 0 unspecified atom stereocenters. The summed E-state index contributed by atoms with van der Waals surface area (Å²) in [7, 11) is 1.55. The van der Waals surface area contributed by atoms with E-state index in [4.69, 9.17) is 26.6 Å². The minimum atomic E-state index is -4.39. The summed E-state index contributed by atoms with van der Waals surface area (Å²) >= 11 is 8.31. The molecule has 0 fully saturated rings. The molecule has 14 aromatic rings. The maximum absolute atomic E-state index is 12.9. The Kier molecular flexibility index (Phi) is 32.2. The number of halogens is 5. The number of carbonyl (C=O) groups excluding carboxylic acids is 7. The molecule has 7 amide bonds. The number of phenols is 2. The van der Waals surface area contributed by atoms with Gasteiger partial charge in [0.15, 0.2) is 0 Å². The number of anilines is 5. The van der Waals surface area contributed by atoms with Crippen LogP contribution in [0.4, 0.5) is 41.6 Å². The number of carboxylic acids is 2. The number of likely N-dealkylation sites (N-methyl/N-ethyl adjacent to an activating group) is 1.